The quantitative estimate of drug-likeness (QED) is 0.429. The molecule has 0 radical (unpaired) electrons. The van der Waals surface area contributed by atoms with Crippen LogP contribution in [0.4, 0.5) is 0 Å². The summed E-state index contributed by atoms with van der Waals surface area (Å²) < 4.78 is 11.9. The Labute approximate surface area is 174 Å². The molecule has 1 aliphatic heterocycles. The molecule has 2 aromatic rings. The molecule has 6 heteroatoms. The number of β-lactam (4-membered cyclic amide) rings is 1. The van der Waals surface area contributed by atoms with E-state index in [0.29, 0.717) is 6.61 Å². The van der Waals surface area contributed by atoms with Crippen LogP contribution in [0.5, 0.6) is 0 Å². The van der Waals surface area contributed by atoms with E-state index in [4.69, 9.17) is 9.16 Å². The van der Waals surface area contributed by atoms with E-state index >= 15 is 0 Å². The van der Waals surface area contributed by atoms with E-state index in [9.17, 15) is 9.59 Å². The van der Waals surface area contributed by atoms with Gasteiger partial charge in [-0.1, -0.05) is 81.4 Å². The van der Waals surface area contributed by atoms with E-state index in [1.807, 2.05) is 36.4 Å². The van der Waals surface area contributed by atoms with Crippen LogP contribution in [0.25, 0.3) is 0 Å². The Morgan fingerprint density at radius 1 is 1.03 bits per heavy atom. The maximum atomic E-state index is 12.3. The summed E-state index contributed by atoms with van der Waals surface area (Å²) in [4.78, 5) is 23.8. The standard InChI is InChI=1S/C23H29NO4Si/c1-16(25)28-22-20(21(26)24-22)19(23(2,3)4)15-27-29(17-11-7-5-8-12-17)18-13-9-6-10-14-18/h5-14,19-20,22,29H,15H2,1-4H3,(H,24,26). The molecule has 2 aromatic carbocycles. The highest BCUT2D eigenvalue weighted by atomic mass is 28.3. The van der Waals surface area contributed by atoms with Crippen LogP contribution < -0.4 is 15.7 Å². The van der Waals surface area contributed by atoms with Gasteiger partial charge in [-0.25, -0.2) is 0 Å². The molecule has 0 aromatic heterocycles. The maximum absolute atomic E-state index is 12.3. The number of esters is 1. The van der Waals surface area contributed by atoms with Crippen LogP contribution in [0.1, 0.15) is 27.7 Å². The molecule has 0 saturated carbocycles. The van der Waals surface area contributed by atoms with Crippen molar-refractivity contribution in [2.45, 2.75) is 33.9 Å². The Morgan fingerprint density at radius 3 is 1.97 bits per heavy atom. The number of hydrogen-bond acceptors (Lipinski definition) is 4. The third kappa shape index (κ3) is 5.13. The van der Waals surface area contributed by atoms with E-state index in [1.54, 1.807) is 0 Å². The average Bonchev–Trinajstić information content (AvgIpc) is 2.67. The number of carbonyl (C=O) groups excluding carboxylic acids is 2. The van der Waals surface area contributed by atoms with Crippen molar-refractivity contribution < 1.29 is 18.8 Å². The van der Waals surface area contributed by atoms with E-state index < -0.39 is 27.2 Å². The van der Waals surface area contributed by atoms with Gasteiger partial charge in [-0.15, -0.1) is 0 Å². The predicted octanol–water partition coefficient (Wildman–Crippen LogP) is 1.84. The highest BCUT2D eigenvalue weighted by Crippen LogP contribution is 2.38. The molecule has 3 atom stereocenters. The third-order valence-corrected chi connectivity index (χ3v) is 7.91. The summed E-state index contributed by atoms with van der Waals surface area (Å²) in [5, 5.41) is 5.09. The van der Waals surface area contributed by atoms with Gasteiger partial charge in [-0.05, 0) is 15.8 Å². The van der Waals surface area contributed by atoms with Crippen molar-refractivity contribution >= 4 is 31.3 Å². The first kappa shape index (κ1) is 21.3. The number of amides is 1. The zero-order chi connectivity index (χ0) is 21.0. The summed E-state index contributed by atoms with van der Waals surface area (Å²) in [6.07, 6.45) is -0.582. The average molecular weight is 412 g/mol. The fourth-order valence-corrected chi connectivity index (χ4v) is 6.09. The van der Waals surface area contributed by atoms with Crippen molar-refractivity contribution in [2.75, 3.05) is 6.61 Å². The largest absolute Gasteiger partial charge is 0.441 e. The van der Waals surface area contributed by atoms with Crippen LogP contribution in [0.15, 0.2) is 60.7 Å². The molecule has 0 bridgehead atoms. The van der Waals surface area contributed by atoms with E-state index in [1.165, 1.54) is 17.3 Å². The molecule has 1 fully saturated rings. The molecule has 3 rings (SSSR count). The van der Waals surface area contributed by atoms with Crippen molar-refractivity contribution in [1.29, 1.82) is 0 Å². The lowest BCUT2D eigenvalue weighted by molar-refractivity contribution is -0.175. The van der Waals surface area contributed by atoms with Crippen LogP contribution in [-0.2, 0) is 18.8 Å². The van der Waals surface area contributed by atoms with E-state index in [0.717, 1.165) is 0 Å². The molecule has 1 heterocycles. The zero-order valence-corrected chi connectivity index (χ0v) is 18.6. The molecule has 3 unspecified atom stereocenters. The van der Waals surface area contributed by atoms with E-state index in [2.05, 4.69) is 50.4 Å². The molecule has 1 N–H and O–H groups in total. The minimum Gasteiger partial charge on any atom is -0.441 e. The van der Waals surface area contributed by atoms with Gasteiger partial charge in [0.25, 0.3) is 0 Å². The van der Waals surface area contributed by atoms with Gasteiger partial charge in [0.15, 0.2) is 6.23 Å². The number of ether oxygens (including phenoxy) is 1. The zero-order valence-electron chi connectivity index (χ0n) is 17.4. The second kappa shape index (κ2) is 8.92. The van der Waals surface area contributed by atoms with Crippen LogP contribution in [0.3, 0.4) is 0 Å². The maximum Gasteiger partial charge on any atom is 0.304 e. The Bertz CT molecular complexity index is 795. The van der Waals surface area contributed by atoms with Gasteiger partial charge in [-0.3, -0.25) is 9.59 Å². The first-order chi connectivity index (χ1) is 13.8. The van der Waals surface area contributed by atoms with Gasteiger partial charge in [0.2, 0.25) is 14.9 Å². The number of hydrogen-bond donors (Lipinski definition) is 1. The second-order valence-corrected chi connectivity index (χ2v) is 11.0. The fraction of sp³-hybridized carbons (Fsp3) is 0.391. The van der Waals surface area contributed by atoms with Crippen molar-refractivity contribution in [3.05, 3.63) is 60.7 Å². The summed E-state index contributed by atoms with van der Waals surface area (Å²) in [5.41, 5.74) is -0.187. The topological polar surface area (TPSA) is 64.6 Å². The third-order valence-electron chi connectivity index (χ3n) is 5.40. The lowest BCUT2D eigenvalue weighted by Gasteiger charge is -2.45. The second-order valence-electron chi connectivity index (χ2n) is 8.57. The van der Waals surface area contributed by atoms with Crippen molar-refractivity contribution in [2.24, 2.45) is 17.3 Å². The van der Waals surface area contributed by atoms with Crippen LogP contribution in [0.2, 0.25) is 0 Å². The fourth-order valence-electron chi connectivity index (χ4n) is 3.78. The lowest BCUT2D eigenvalue weighted by Crippen LogP contribution is -2.65. The highest BCUT2D eigenvalue weighted by Gasteiger charge is 2.50. The summed E-state index contributed by atoms with van der Waals surface area (Å²) in [6, 6.07) is 20.5. The molecule has 1 aliphatic rings. The Balaban J connectivity index is 1.83. The molecule has 0 spiro atoms. The molecule has 154 valence electrons. The van der Waals surface area contributed by atoms with Gasteiger partial charge in [0.1, 0.15) is 0 Å². The summed E-state index contributed by atoms with van der Waals surface area (Å²) in [5.74, 6) is -0.963. The van der Waals surface area contributed by atoms with Crippen LogP contribution >= 0.6 is 0 Å². The SMILES string of the molecule is CC(=O)OC1NC(=O)C1C(CO[SiH](c1ccccc1)c1ccccc1)C(C)(C)C. The lowest BCUT2D eigenvalue weighted by atomic mass is 9.70. The number of rotatable bonds is 7. The molecular formula is C23H29NO4Si. The molecule has 29 heavy (non-hydrogen) atoms. The summed E-state index contributed by atoms with van der Waals surface area (Å²) in [6.45, 7) is 8.08. The molecule has 0 aliphatic carbocycles. The number of benzene rings is 2. The normalized spacial score (nSPS) is 20.0. The van der Waals surface area contributed by atoms with Gasteiger partial charge in [0.05, 0.1) is 5.92 Å². The minimum absolute atomic E-state index is 0.0805. The van der Waals surface area contributed by atoms with Crippen molar-refractivity contribution in [3.8, 4) is 0 Å². The Kier molecular flexibility index (Phi) is 6.55. The minimum atomic E-state index is -1.92. The monoisotopic (exact) mass is 411 g/mol. The van der Waals surface area contributed by atoms with Gasteiger partial charge >= 0.3 is 5.97 Å². The number of nitrogens with one attached hydrogen (secondary N) is 1. The van der Waals surface area contributed by atoms with Crippen molar-refractivity contribution in [1.82, 2.24) is 5.32 Å². The van der Waals surface area contributed by atoms with Gasteiger partial charge < -0.3 is 14.5 Å². The summed E-state index contributed by atoms with van der Waals surface area (Å²) in [7, 11) is -1.92. The van der Waals surface area contributed by atoms with Crippen molar-refractivity contribution in [3.63, 3.8) is 0 Å². The highest BCUT2D eigenvalue weighted by molar-refractivity contribution is 6.80. The first-order valence-electron chi connectivity index (χ1n) is 9.96. The number of carbonyl (C=O) groups is 2. The smallest absolute Gasteiger partial charge is 0.304 e. The van der Waals surface area contributed by atoms with Gasteiger partial charge in [0, 0.05) is 19.4 Å². The first-order valence-corrected chi connectivity index (χ1v) is 11.6. The van der Waals surface area contributed by atoms with Crippen LogP contribution in [0, 0.1) is 17.3 Å². The molecular weight excluding hydrogens is 382 g/mol. The van der Waals surface area contributed by atoms with E-state index in [-0.39, 0.29) is 17.2 Å². The molecule has 1 saturated heterocycles. The molecule has 1 amide bonds. The summed E-state index contributed by atoms with van der Waals surface area (Å²) >= 11 is 0. The Morgan fingerprint density at radius 2 is 1.55 bits per heavy atom. The van der Waals surface area contributed by atoms with Gasteiger partial charge in [-0.2, -0.15) is 0 Å². The Hall–Kier alpha value is -2.44. The predicted molar refractivity (Wildman–Crippen MR) is 115 cm³/mol. The van der Waals surface area contributed by atoms with Crippen LogP contribution in [-0.4, -0.2) is 33.8 Å². The molecule has 5 nitrogen and oxygen atoms in total.